The van der Waals surface area contributed by atoms with Crippen LogP contribution in [0.2, 0.25) is 0 Å². The number of hydrogen-bond acceptors (Lipinski definition) is 1. The summed E-state index contributed by atoms with van der Waals surface area (Å²) in [5.41, 5.74) is 2.86. The number of hydrogen-bond donors (Lipinski definition) is 0. The molecule has 1 atom stereocenters. The van der Waals surface area contributed by atoms with Gasteiger partial charge in [-0.15, -0.1) is 0 Å². The molecule has 0 bridgehead atoms. The van der Waals surface area contributed by atoms with Crippen LogP contribution < -0.4 is 0 Å². The molecule has 0 saturated carbocycles. The van der Waals surface area contributed by atoms with Crippen LogP contribution in [0, 0.1) is 0 Å². The standard InChI is InChI=1S/C11H14O/c1-2-11-10-6-4-3-5-9(10)7-8-12-11/h3-6,11H,2,7-8H2,1H3. The number of ether oxygens (including phenoxy) is 1. The molecule has 0 fully saturated rings. The second kappa shape index (κ2) is 3.28. The Bertz CT molecular complexity index is 267. The van der Waals surface area contributed by atoms with Crippen molar-refractivity contribution in [3.8, 4) is 0 Å². The van der Waals surface area contributed by atoms with Crippen LogP contribution in [0.25, 0.3) is 0 Å². The molecule has 0 spiro atoms. The van der Waals surface area contributed by atoms with E-state index >= 15 is 0 Å². The normalized spacial score (nSPS) is 21.9. The van der Waals surface area contributed by atoms with E-state index in [4.69, 9.17) is 4.74 Å². The van der Waals surface area contributed by atoms with Gasteiger partial charge in [0.25, 0.3) is 0 Å². The van der Waals surface area contributed by atoms with Gasteiger partial charge in [-0.1, -0.05) is 31.2 Å². The van der Waals surface area contributed by atoms with Gasteiger partial charge in [-0.2, -0.15) is 0 Å². The number of rotatable bonds is 1. The molecular formula is C11H14O. The van der Waals surface area contributed by atoms with Crippen molar-refractivity contribution < 1.29 is 4.74 Å². The van der Waals surface area contributed by atoms with E-state index in [9.17, 15) is 0 Å². The van der Waals surface area contributed by atoms with E-state index in [0.717, 1.165) is 19.4 Å². The smallest absolute Gasteiger partial charge is 0.0825 e. The maximum atomic E-state index is 5.65. The summed E-state index contributed by atoms with van der Waals surface area (Å²) in [6.45, 7) is 3.06. The highest BCUT2D eigenvalue weighted by atomic mass is 16.5. The van der Waals surface area contributed by atoms with E-state index in [1.165, 1.54) is 11.1 Å². The lowest BCUT2D eigenvalue weighted by atomic mass is 9.96. The highest BCUT2D eigenvalue weighted by Crippen LogP contribution is 2.28. The summed E-state index contributed by atoms with van der Waals surface area (Å²) in [6.07, 6.45) is 2.50. The summed E-state index contributed by atoms with van der Waals surface area (Å²) < 4.78 is 5.65. The van der Waals surface area contributed by atoms with Crippen molar-refractivity contribution in [2.45, 2.75) is 25.9 Å². The quantitative estimate of drug-likeness (QED) is 0.617. The fourth-order valence-electron chi connectivity index (χ4n) is 1.81. The van der Waals surface area contributed by atoms with Gasteiger partial charge in [0.05, 0.1) is 12.7 Å². The van der Waals surface area contributed by atoms with Crippen molar-refractivity contribution in [1.29, 1.82) is 0 Å². The molecule has 2 rings (SSSR count). The molecule has 0 aromatic heterocycles. The fourth-order valence-corrected chi connectivity index (χ4v) is 1.81. The Morgan fingerprint density at radius 1 is 1.42 bits per heavy atom. The minimum absolute atomic E-state index is 0.343. The van der Waals surface area contributed by atoms with E-state index in [2.05, 4.69) is 31.2 Å². The maximum Gasteiger partial charge on any atom is 0.0825 e. The van der Waals surface area contributed by atoms with Crippen molar-refractivity contribution >= 4 is 0 Å². The van der Waals surface area contributed by atoms with Crippen LogP contribution in [0.4, 0.5) is 0 Å². The minimum atomic E-state index is 0.343. The predicted molar refractivity (Wildman–Crippen MR) is 49.1 cm³/mol. The largest absolute Gasteiger partial charge is 0.373 e. The monoisotopic (exact) mass is 162 g/mol. The summed E-state index contributed by atoms with van der Waals surface area (Å²) in [5, 5.41) is 0. The summed E-state index contributed by atoms with van der Waals surface area (Å²) in [7, 11) is 0. The second-order valence-corrected chi connectivity index (χ2v) is 3.22. The van der Waals surface area contributed by atoms with Crippen LogP contribution >= 0.6 is 0 Å². The Kier molecular flexibility index (Phi) is 2.13. The third-order valence-electron chi connectivity index (χ3n) is 2.46. The molecule has 1 aromatic carbocycles. The molecule has 0 radical (unpaired) electrons. The molecular weight excluding hydrogens is 148 g/mol. The topological polar surface area (TPSA) is 9.23 Å². The highest BCUT2D eigenvalue weighted by Gasteiger charge is 2.17. The molecule has 1 heteroatoms. The second-order valence-electron chi connectivity index (χ2n) is 3.22. The first kappa shape index (κ1) is 7.81. The molecule has 0 amide bonds. The summed E-state index contributed by atoms with van der Waals surface area (Å²) >= 11 is 0. The first-order valence-electron chi connectivity index (χ1n) is 4.61. The highest BCUT2D eigenvalue weighted by molar-refractivity contribution is 5.30. The van der Waals surface area contributed by atoms with Gasteiger partial charge in [0.1, 0.15) is 0 Å². The maximum absolute atomic E-state index is 5.65. The zero-order valence-corrected chi connectivity index (χ0v) is 7.42. The molecule has 1 aliphatic rings. The molecule has 0 aliphatic carbocycles. The lowest BCUT2D eigenvalue weighted by molar-refractivity contribution is 0.0399. The number of benzene rings is 1. The zero-order valence-electron chi connectivity index (χ0n) is 7.42. The van der Waals surface area contributed by atoms with E-state index in [-0.39, 0.29) is 0 Å². The van der Waals surface area contributed by atoms with Crippen molar-refractivity contribution in [3.05, 3.63) is 35.4 Å². The van der Waals surface area contributed by atoms with E-state index in [1.807, 2.05) is 0 Å². The molecule has 1 unspecified atom stereocenters. The van der Waals surface area contributed by atoms with Crippen LogP contribution in [0.15, 0.2) is 24.3 Å². The average Bonchev–Trinajstić information content (AvgIpc) is 2.17. The van der Waals surface area contributed by atoms with Gasteiger partial charge < -0.3 is 4.74 Å². The van der Waals surface area contributed by atoms with Crippen molar-refractivity contribution in [2.24, 2.45) is 0 Å². The molecule has 1 aromatic rings. The van der Waals surface area contributed by atoms with E-state index in [1.54, 1.807) is 0 Å². The SMILES string of the molecule is CCC1OCCc2ccccc21. The Balaban J connectivity index is 2.37. The molecule has 1 aliphatic heterocycles. The van der Waals surface area contributed by atoms with Crippen LogP contribution in [0.3, 0.4) is 0 Å². The molecule has 1 heterocycles. The van der Waals surface area contributed by atoms with Gasteiger partial charge in [-0.25, -0.2) is 0 Å². The van der Waals surface area contributed by atoms with Gasteiger partial charge >= 0.3 is 0 Å². The molecule has 12 heavy (non-hydrogen) atoms. The third-order valence-corrected chi connectivity index (χ3v) is 2.46. The molecule has 1 nitrogen and oxygen atoms in total. The lowest BCUT2D eigenvalue weighted by Gasteiger charge is -2.24. The van der Waals surface area contributed by atoms with E-state index in [0.29, 0.717) is 6.10 Å². The summed E-state index contributed by atoms with van der Waals surface area (Å²) in [6, 6.07) is 8.59. The predicted octanol–water partition coefficient (Wildman–Crippen LogP) is 2.71. The average molecular weight is 162 g/mol. The summed E-state index contributed by atoms with van der Waals surface area (Å²) in [4.78, 5) is 0. The Labute approximate surface area is 73.4 Å². The van der Waals surface area contributed by atoms with Crippen molar-refractivity contribution in [1.82, 2.24) is 0 Å². The van der Waals surface area contributed by atoms with Crippen LogP contribution in [-0.2, 0) is 11.2 Å². The zero-order chi connectivity index (χ0) is 8.39. The molecule has 0 N–H and O–H groups in total. The van der Waals surface area contributed by atoms with Gasteiger partial charge in [-0.3, -0.25) is 0 Å². The van der Waals surface area contributed by atoms with Gasteiger partial charge in [0.15, 0.2) is 0 Å². The van der Waals surface area contributed by atoms with Crippen molar-refractivity contribution in [2.75, 3.05) is 6.61 Å². The van der Waals surface area contributed by atoms with E-state index < -0.39 is 0 Å². The Morgan fingerprint density at radius 3 is 3.08 bits per heavy atom. The number of fused-ring (bicyclic) bond motifs is 1. The first-order chi connectivity index (χ1) is 5.92. The summed E-state index contributed by atoms with van der Waals surface area (Å²) in [5.74, 6) is 0. The van der Waals surface area contributed by atoms with Crippen molar-refractivity contribution in [3.63, 3.8) is 0 Å². The fraction of sp³-hybridized carbons (Fsp3) is 0.455. The lowest BCUT2D eigenvalue weighted by Crippen LogP contribution is -2.15. The molecule has 0 saturated heterocycles. The minimum Gasteiger partial charge on any atom is -0.373 e. The van der Waals surface area contributed by atoms with Crippen LogP contribution in [-0.4, -0.2) is 6.61 Å². The van der Waals surface area contributed by atoms with Gasteiger partial charge in [-0.05, 0) is 24.0 Å². The Morgan fingerprint density at radius 2 is 2.25 bits per heavy atom. The molecule has 64 valence electrons. The van der Waals surface area contributed by atoms with Gasteiger partial charge in [0.2, 0.25) is 0 Å². The van der Waals surface area contributed by atoms with Crippen LogP contribution in [0.1, 0.15) is 30.6 Å². The Hall–Kier alpha value is -0.820. The van der Waals surface area contributed by atoms with Crippen LogP contribution in [0.5, 0.6) is 0 Å². The van der Waals surface area contributed by atoms with Gasteiger partial charge in [0, 0.05) is 0 Å². The third kappa shape index (κ3) is 1.25. The first-order valence-corrected chi connectivity index (χ1v) is 4.61.